The van der Waals surface area contributed by atoms with Gasteiger partial charge in [0.05, 0.1) is 11.0 Å². The summed E-state index contributed by atoms with van der Waals surface area (Å²) in [6, 6.07) is 6.05. The van der Waals surface area contributed by atoms with Gasteiger partial charge in [0.1, 0.15) is 11.9 Å². The number of aromatic nitrogens is 2. The van der Waals surface area contributed by atoms with E-state index in [9.17, 15) is 5.11 Å². The summed E-state index contributed by atoms with van der Waals surface area (Å²) in [6.07, 6.45) is 0.284. The van der Waals surface area contributed by atoms with Crippen LogP contribution in [0.15, 0.2) is 18.2 Å². The van der Waals surface area contributed by atoms with Crippen LogP contribution in [0, 0.1) is 0 Å². The Morgan fingerprint density at radius 3 is 3.00 bits per heavy atom. The van der Waals surface area contributed by atoms with Crippen molar-refractivity contribution in [3.63, 3.8) is 0 Å². The number of imidazole rings is 1. The first kappa shape index (κ1) is 10.1. The van der Waals surface area contributed by atoms with Crippen LogP contribution in [-0.4, -0.2) is 21.6 Å². The third kappa shape index (κ3) is 1.86. The van der Waals surface area contributed by atoms with Crippen molar-refractivity contribution in [1.29, 1.82) is 0 Å². The number of fused-ring (bicyclic) bond motifs is 1. The van der Waals surface area contributed by atoms with Crippen molar-refractivity contribution in [3.05, 3.63) is 29.6 Å². The summed E-state index contributed by atoms with van der Waals surface area (Å²) >= 11 is 0. The van der Waals surface area contributed by atoms with Crippen LogP contribution in [0.4, 0.5) is 0 Å². The van der Waals surface area contributed by atoms with E-state index < -0.39 is 6.10 Å². The number of nitrogens with one attached hydrogen (secondary N) is 1. The summed E-state index contributed by atoms with van der Waals surface area (Å²) in [5.41, 5.74) is 8.45. The fourth-order valence-corrected chi connectivity index (χ4v) is 1.57. The zero-order chi connectivity index (χ0) is 10.8. The highest BCUT2D eigenvalue weighted by Gasteiger charge is 2.10. The molecular weight excluding hydrogens is 190 g/mol. The summed E-state index contributed by atoms with van der Waals surface area (Å²) in [5, 5.41) is 9.54. The van der Waals surface area contributed by atoms with Crippen LogP contribution in [0.1, 0.15) is 24.4 Å². The molecule has 0 saturated heterocycles. The predicted molar refractivity (Wildman–Crippen MR) is 59.5 cm³/mol. The SMILES string of the molecule is CCc1ccc2nc(C(O)CN)[nH]c2c1. The molecule has 0 aliphatic rings. The van der Waals surface area contributed by atoms with Gasteiger partial charge in [0, 0.05) is 6.54 Å². The highest BCUT2D eigenvalue weighted by Crippen LogP contribution is 2.17. The molecule has 1 aromatic heterocycles. The second-order valence-corrected chi connectivity index (χ2v) is 3.58. The van der Waals surface area contributed by atoms with Crippen molar-refractivity contribution in [2.75, 3.05) is 6.54 Å². The second kappa shape index (κ2) is 4.00. The Morgan fingerprint density at radius 2 is 2.33 bits per heavy atom. The minimum atomic E-state index is -0.706. The van der Waals surface area contributed by atoms with E-state index in [2.05, 4.69) is 23.0 Å². The summed E-state index contributed by atoms with van der Waals surface area (Å²) in [6.45, 7) is 2.29. The van der Waals surface area contributed by atoms with Crippen molar-refractivity contribution < 1.29 is 5.11 Å². The van der Waals surface area contributed by atoms with Gasteiger partial charge in [0.2, 0.25) is 0 Å². The molecule has 1 atom stereocenters. The molecule has 4 heteroatoms. The smallest absolute Gasteiger partial charge is 0.137 e. The highest BCUT2D eigenvalue weighted by atomic mass is 16.3. The monoisotopic (exact) mass is 205 g/mol. The Hall–Kier alpha value is -1.39. The number of H-pyrrole nitrogens is 1. The third-order valence-electron chi connectivity index (χ3n) is 2.51. The number of hydrogen-bond acceptors (Lipinski definition) is 3. The minimum Gasteiger partial charge on any atom is -0.384 e. The first-order valence-corrected chi connectivity index (χ1v) is 5.11. The summed E-state index contributed by atoms with van der Waals surface area (Å²) in [4.78, 5) is 7.35. The van der Waals surface area contributed by atoms with E-state index in [4.69, 9.17) is 5.73 Å². The van der Waals surface area contributed by atoms with Gasteiger partial charge in [0.15, 0.2) is 0 Å². The van der Waals surface area contributed by atoms with Gasteiger partial charge in [-0.15, -0.1) is 0 Å². The topological polar surface area (TPSA) is 74.9 Å². The average molecular weight is 205 g/mol. The van der Waals surface area contributed by atoms with Gasteiger partial charge in [-0.2, -0.15) is 0 Å². The molecule has 2 aromatic rings. The normalized spacial score (nSPS) is 13.3. The van der Waals surface area contributed by atoms with Crippen molar-refractivity contribution in [1.82, 2.24) is 9.97 Å². The molecule has 0 bridgehead atoms. The largest absolute Gasteiger partial charge is 0.384 e. The van der Waals surface area contributed by atoms with Crippen LogP contribution < -0.4 is 5.73 Å². The standard InChI is InChI=1S/C11H15N3O/c1-2-7-3-4-8-9(5-7)14-11(13-8)10(15)6-12/h3-5,10,15H,2,6,12H2,1H3,(H,13,14). The number of aliphatic hydroxyl groups excluding tert-OH is 1. The maximum atomic E-state index is 9.54. The molecule has 80 valence electrons. The molecule has 1 unspecified atom stereocenters. The van der Waals surface area contributed by atoms with Crippen molar-refractivity contribution in [2.45, 2.75) is 19.4 Å². The van der Waals surface area contributed by atoms with Gasteiger partial charge < -0.3 is 15.8 Å². The highest BCUT2D eigenvalue weighted by molar-refractivity contribution is 5.75. The fourth-order valence-electron chi connectivity index (χ4n) is 1.57. The van der Waals surface area contributed by atoms with E-state index in [1.165, 1.54) is 5.56 Å². The van der Waals surface area contributed by atoms with Gasteiger partial charge in [-0.25, -0.2) is 4.98 Å². The number of aromatic amines is 1. The minimum absolute atomic E-state index is 0.181. The third-order valence-corrected chi connectivity index (χ3v) is 2.51. The predicted octanol–water partition coefficient (Wildman–Crippen LogP) is 1.12. The molecule has 0 amide bonds. The van der Waals surface area contributed by atoms with Gasteiger partial charge >= 0.3 is 0 Å². The lowest BCUT2D eigenvalue weighted by atomic mass is 10.1. The number of benzene rings is 1. The lowest BCUT2D eigenvalue weighted by Gasteiger charge is -2.01. The molecule has 4 N–H and O–H groups in total. The van der Waals surface area contributed by atoms with Crippen LogP contribution in [0.2, 0.25) is 0 Å². The Labute approximate surface area is 88.1 Å². The lowest BCUT2D eigenvalue weighted by Crippen LogP contribution is -2.12. The second-order valence-electron chi connectivity index (χ2n) is 3.58. The number of aliphatic hydroxyl groups is 1. The molecule has 4 nitrogen and oxygen atoms in total. The van der Waals surface area contributed by atoms with Crippen molar-refractivity contribution in [3.8, 4) is 0 Å². The van der Waals surface area contributed by atoms with E-state index in [-0.39, 0.29) is 6.54 Å². The molecule has 0 spiro atoms. The van der Waals surface area contributed by atoms with Crippen LogP contribution in [-0.2, 0) is 6.42 Å². The van der Waals surface area contributed by atoms with Crippen molar-refractivity contribution in [2.24, 2.45) is 5.73 Å². The van der Waals surface area contributed by atoms with Gasteiger partial charge in [-0.1, -0.05) is 13.0 Å². The van der Waals surface area contributed by atoms with Gasteiger partial charge in [-0.3, -0.25) is 0 Å². The van der Waals surface area contributed by atoms with Crippen LogP contribution in [0.5, 0.6) is 0 Å². The van der Waals surface area contributed by atoms with Gasteiger partial charge in [0.25, 0.3) is 0 Å². The molecule has 2 rings (SSSR count). The van der Waals surface area contributed by atoms with E-state index in [0.29, 0.717) is 5.82 Å². The number of nitrogens with two attached hydrogens (primary N) is 1. The number of rotatable bonds is 3. The molecule has 0 radical (unpaired) electrons. The van der Waals surface area contributed by atoms with Crippen molar-refractivity contribution >= 4 is 11.0 Å². The molecule has 0 aliphatic heterocycles. The first-order valence-electron chi connectivity index (χ1n) is 5.11. The summed E-state index contributed by atoms with van der Waals surface area (Å²) in [5.74, 6) is 0.542. The maximum absolute atomic E-state index is 9.54. The van der Waals surface area contributed by atoms with E-state index in [0.717, 1.165) is 17.5 Å². The summed E-state index contributed by atoms with van der Waals surface area (Å²) < 4.78 is 0. The molecule has 15 heavy (non-hydrogen) atoms. The molecular formula is C11H15N3O. The van der Waals surface area contributed by atoms with Crippen LogP contribution in [0.3, 0.4) is 0 Å². The van der Waals surface area contributed by atoms with Crippen LogP contribution >= 0.6 is 0 Å². The Bertz CT molecular complexity index is 464. The first-order chi connectivity index (χ1) is 7.24. The average Bonchev–Trinajstić information content (AvgIpc) is 2.70. The Kier molecular flexibility index (Phi) is 2.70. The van der Waals surface area contributed by atoms with E-state index >= 15 is 0 Å². The van der Waals surface area contributed by atoms with Crippen LogP contribution in [0.25, 0.3) is 11.0 Å². The summed E-state index contributed by atoms with van der Waals surface area (Å²) in [7, 11) is 0. The molecule has 0 fully saturated rings. The molecule has 0 saturated carbocycles. The molecule has 1 aromatic carbocycles. The van der Waals surface area contributed by atoms with E-state index in [1.807, 2.05) is 12.1 Å². The Morgan fingerprint density at radius 1 is 1.53 bits per heavy atom. The zero-order valence-corrected chi connectivity index (χ0v) is 8.70. The number of nitrogens with zero attached hydrogens (tertiary/aromatic N) is 1. The lowest BCUT2D eigenvalue weighted by molar-refractivity contribution is 0.178. The Balaban J connectivity index is 2.46. The molecule has 0 aliphatic carbocycles. The zero-order valence-electron chi connectivity index (χ0n) is 8.70. The maximum Gasteiger partial charge on any atom is 0.137 e. The van der Waals surface area contributed by atoms with E-state index in [1.54, 1.807) is 0 Å². The van der Waals surface area contributed by atoms with Gasteiger partial charge in [-0.05, 0) is 24.1 Å². The number of hydrogen-bond donors (Lipinski definition) is 3. The quantitative estimate of drug-likeness (QED) is 0.702. The number of aryl methyl sites for hydroxylation is 1. The molecule has 1 heterocycles. The fraction of sp³-hybridized carbons (Fsp3) is 0.364.